The van der Waals surface area contributed by atoms with Crippen molar-refractivity contribution in [1.82, 2.24) is 0 Å². The first-order valence-corrected chi connectivity index (χ1v) is 13.8. The molecule has 7 rings (SSSR count). The summed E-state index contributed by atoms with van der Waals surface area (Å²) < 4.78 is 15.0. The predicted molar refractivity (Wildman–Crippen MR) is 155 cm³/mol. The van der Waals surface area contributed by atoms with Crippen molar-refractivity contribution in [2.75, 3.05) is 13.7 Å². The number of methoxy groups -OCH3 is 1. The molecule has 0 N–H and O–H groups in total. The molecular formula is C35H36NO2+. The van der Waals surface area contributed by atoms with E-state index in [1.165, 1.54) is 55.4 Å². The number of hydrogen-bond acceptors (Lipinski definition) is 2. The molecule has 3 heteroatoms. The second kappa shape index (κ2) is 7.80. The van der Waals surface area contributed by atoms with E-state index in [1.807, 2.05) is 7.11 Å². The van der Waals surface area contributed by atoms with Gasteiger partial charge in [0.15, 0.2) is 6.04 Å². The first kappa shape index (κ1) is 23.7. The van der Waals surface area contributed by atoms with Crippen LogP contribution in [0.15, 0.2) is 71.1 Å². The zero-order valence-electron chi connectivity index (χ0n) is 23.5. The largest absolute Gasteiger partial charge is 0.456 e. The maximum atomic E-state index is 6.56. The Labute approximate surface area is 225 Å². The Morgan fingerprint density at radius 1 is 0.921 bits per heavy atom. The van der Waals surface area contributed by atoms with Crippen LogP contribution in [0.1, 0.15) is 75.8 Å². The summed E-state index contributed by atoms with van der Waals surface area (Å²) >= 11 is 0. The molecule has 3 aromatic carbocycles. The van der Waals surface area contributed by atoms with Gasteiger partial charge in [-0.1, -0.05) is 84.0 Å². The van der Waals surface area contributed by atoms with Crippen LogP contribution in [0, 0.1) is 0 Å². The number of aromatic nitrogens is 1. The number of pyridine rings is 1. The molecule has 0 saturated carbocycles. The van der Waals surface area contributed by atoms with Crippen molar-refractivity contribution < 1.29 is 13.7 Å². The number of fused-ring (bicyclic) bond motifs is 11. The monoisotopic (exact) mass is 502 g/mol. The van der Waals surface area contributed by atoms with Crippen LogP contribution < -0.4 is 4.57 Å². The summed E-state index contributed by atoms with van der Waals surface area (Å²) in [7, 11) is 1.82. The molecule has 0 fully saturated rings. The van der Waals surface area contributed by atoms with Gasteiger partial charge in [-0.05, 0) is 34.2 Å². The van der Waals surface area contributed by atoms with Crippen LogP contribution in [0.5, 0.6) is 0 Å². The first-order chi connectivity index (χ1) is 18.1. The lowest BCUT2D eigenvalue weighted by Gasteiger charge is -2.34. The van der Waals surface area contributed by atoms with E-state index >= 15 is 0 Å². The average Bonchev–Trinajstić information content (AvgIpc) is 3.38. The van der Waals surface area contributed by atoms with E-state index in [9.17, 15) is 0 Å². The van der Waals surface area contributed by atoms with Gasteiger partial charge in [-0.3, -0.25) is 0 Å². The van der Waals surface area contributed by atoms with E-state index in [-0.39, 0.29) is 16.9 Å². The smallest absolute Gasteiger partial charge is 0.214 e. The van der Waals surface area contributed by atoms with Crippen LogP contribution in [-0.4, -0.2) is 13.7 Å². The molecule has 3 nitrogen and oxygen atoms in total. The molecule has 0 radical (unpaired) electrons. The lowest BCUT2D eigenvalue weighted by Crippen LogP contribution is -2.50. The summed E-state index contributed by atoms with van der Waals surface area (Å²) in [6, 6.07) is 24.8. The quantitative estimate of drug-likeness (QED) is 0.226. The highest BCUT2D eigenvalue weighted by molar-refractivity contribution is 5.97. The van der Waals surface area contributed by atoms with Crippen molar-refractivity contribution in [2.24, 2.45) is 0 Å². The molecule has 2 atom stereocenters. The van der Waals surface area contributed by atoms with Gasteiger partial charge in [0.25, 0.3) is 0 Å². The van der Waals surface area contributed by atoms with Crippen LogP contribution in [0.3, 0.4) is 0 Å². The summed E-state index contributed by atoms with van der Waals surface area (Å²) in [6.07, 6.45) is 0. The van der Waals surface area contributed by atoms with Gasteiger partial charge < -0.3 is 9.15 Å². The molecule has 0 amide bonds. The van der Waals surface area contributed by atoms with E-state index < -0.39 is 0 Å². The maximum absolute atomic E-state index is 6.56. The molecular weight excluding hydrogens is 466 g/mol. The van der Waals surface area contributed by atoms with Gasteiger partial charge >= 0.3 is 0 Å². The summed E-state index contributed by atoms with van der Waals surface area (Å²) in [5.74, 6) is 1.33. The Morgan fingerprint density at radius 3 is 2.37 bits per heavy atom. The number of furan rings is 1. The molecule has 38 heavy (non-hydrogen) atoms. The number of benzene rings is 3. The van der Waals surface area contributed by atoms with Gasteiger partial charge in [0.05, 0.1) is 10.9 Å². The lowest BCUT2D eigenvalue weighted by molar-refractivity contribution is -0.695. The molecule has 0 bridgehead atoms. The molecule has 0 saturated heterocycles. The van der Waals surface area contributed by atoms with Crippen LogP contribution in [0.4, 0.5) is 0 Å². The molecule has 3 heterocycles. The molecule has 2 unspecified atom stereocenters. The topological polar surface area (TPSA) is 26.2 Å². The molecule has 2 aliphatic rings. The van der Waals surface area contributed by atoms with Crippen LogP contribution in [0.25, 0.3) is 44.5 Å². The van der Waals surface area contributed by atoms with Crippen LogP contribution >= 0.6 is 0 Å². The van der Waals surface area contributed by atoms with Gasteiger partial charge in [-0.2, -0.15) is 4.57 Å². The predicted octanol–water partition coefficient (Wildman–Crippen LogP) is 8.45. The van der Waals surface area contributed by atoms with Crippen molar-refractivity contribution in [2.45, 2.75) is 64.3 Å². The lowest BCUT2D eigenvalue weighted by atomic mass is 9.73. The maximum Gasteiger partial charge on any atom is 0.214 e. The van der Waals surface area contributed by atoms with Crippen molar-refractivity contribution in [1.29, 1.82) is 0 Å². The SMILES string of the molecule is COCC1C(C)c2ccc3c(c2-c2cc(C(C)(C)C)c4ccccc4[n+]21)C(C)(C)c1c-3oc2ccccc12. The Kier molecular flexibility index (Phi) is 4.86. The minimum absolute atomic E-state index is 0.00467. The molecule has 2 aromatic heterocycles. The minimum Gasteiger partial charge on any atom is -0.456 e. The Hall–Kier alpha value is -3.43. The summed E-state index contributed by atoms with van der Waals surface area (Å²) in [5.41, 5.74) is 11.5. The van der Waals surface area contributed by atoms with Crippen molar-refractivity contribution in [3.8, 4) is 22.6 Å². The Balaban J connectivity index is 1.63. The van der Waals surface area contributed by atoms with E-state index in [0.717, 1.165) is 11.3 Å². The molecule has 192 valence electrons. The zero-order valence-corrected chi connectivity index (χ0v) is 23.5. The minimum atomic E-state index is -0.193. The fraction of sp³-hybridized carbons (Fsp3) is 0.343. The number of rotatable bonds is 2. The van der Waals surface area contributed by atoms with E-state index in [0.29, 0.717) is 12.5 Å². The van der Waals surface area contributed by atoms with Crippen LogP contribution in [0.2, 0.25) is 0 Å². The molecule has 0 spiro atoms. The van der Waals surface area contributed by atoms with Gasteiger partial charge in [0.1, 0.15) is 18.0 Å². The molecule has 1 aliphatic heterocycles. The number of para-hydroxylation sites is 2. The highest BCUT2D eigenvalue weighted by Gasteiger charge is 2.48. The standard InChI is InChI=1S/C35H36NO2/c1-20-21-16-17-24-31(35(5,6)32-23-13-9-11-15-29(23)38-33(24)32)30(21)27-18-25(34(2,3)4)22-12-8-10-14-26(22)36(27)28(20)19-37-7/h8-18,20,28H,19H2,1-7H3/q+1. The Bertz CT molecular complexity index is 1770. The normalized spacial score (nSPS) is 19.3. The Morgan fingerprint density at radius 2 is 1.63 bits per heavy atom. The second-order valence-electron chi connectivity index (χ2n) is 12.8. The summed E-state index contributed by atoms with van der Waals surface area (Å²) in [5, 5.41) is 2.55. The fourth-order valence-electron chi connectivity index (χ4n) is 7.41. The van der Waals surface area contributed by atoms with E-state index in [2.05, 4.69) is 113 Å². The number of hydrogen-bond donors (Lipinski definition) is 0. The van der Waals surface area contributed by atoms with E-state index in [1.54, 1.807) is 0 Å². The average molecular weight is 503 g/mol. The molecule has 5 aromatic rings. The van der Waals surface area contributed by atoms with Gasteiger partial charge in [0.2, 0.25) is 11.2 Å². The van der Waals surface area contributed by atoms with E-state index in [4.69, 9.17) is 9.15 Å². The third kappa shape index (κ3) is 2.97. The second-order valence-corrected chi connectivity index (χ2v) is 12.8. The van der Waals surface area contributed by atoms with Gasteiger partial charge in [0, 0.05) is 47.1 Å². The third-order valence-corrected chi connectivity index (χ3v) is 9.12. The number of ether oxygens (including phenoxy) is 1. The zero-order chi connectivity index (χ0) is 26.6. The summed E-state index contributed by atoms with van der Waals surface area (Å²) in [4.78, 5) is 0. The molecule has 1 aliphatic carbocycles. The summed E-state index contributed by atoms with van der Waals surface area (Å²) in [6.45, 7) is 14.8. The van der Waals surface area contributed by atoms with Crippen molar-refractivity contribution in [3.63, 3.8) is 0 Å². The fourth-order valence-corrected chi connectivity index (χ4v) is 7.41. The van der Waals surface area contributed by atoms with Gasteiger partial charge in [-0.15, -0.1) is 0 Å². The highest BCUT2D eigenvalue weighted by Crippen LogP contribution is 2.58. The number of nitrogens with zero attached hydrogens (tertiary/aromatic N) is 1. The highest BCUT2D eigenvalue weighted by atomic mass is 16.5. The van der Waals surface area contributed by atoms with Crippen molar-refractivity contribution >= 4 is 21.9 Å². The first-order valence-electron chi connectivity index (χ1n) is 13.8. The third-order valence-electron chi connectivity index (χ3n) is 9.12. The van der Waals surface area contributed by atoms with Crippen molar-refractivity contribution in [3.05, 3.63) is 89.0 Å². The van der Waals surface area contributed by atoms with Crippen LogP contribution in [-0.2, 0) is 15.6 Å². The van der Waals surface area contributed by atoms with Gasteiger partial charge in [-0.25, -0.2) is 0 Å².